The van der Waals surface area contributed by atoms with E-state index in [1.807, 2.05) is 0 Å². The molecule has 0 radical (unpaired) electrons. The van der Waals surface area contributed by atoms with Crippen LogP contribution in [0.5, 0.6) is 0 Å². The summed E-state index contributed by atoms with van der Waals surface area (Å²) in [4.78, 5) is 0. The van der Waals surface area contributed by atoms with Gasteiger partial charge >= 0.3 is 0 Å². The van der Waals surface area contributed by atoms with Gasteiger partial charge in [0.2, 0.25) is 0 Å². The first-order chi connectivity index (χ1) is 5.99. The summed E-state index contributed by atoms with van der Waals surface area (Å²) in [5, 5.41) is 3.18. The molecule has 1 fully saturated rings. The van der Waals surface area contributed by atoms with E-state index in [9.17, 15) is 8.42 Å². The van der Waals surface area contributed by atoms with Crippen molar-refractivity contribution in [2.24, 2.45) is 11.8 Å². The summed E-state index contributed by atoms with van der Waals surface area (Å²) < 4.78 is 21.6. The summed E-state index contributed by atoms with van der Waals surface area (Å²) >= 11 is 0. The standard InChI is InChI=1S/C9H19NO2S/c1-8(9-3-4-9)7-10-5-6-13(2,11)12/h8-10H,3-7H2,1-2H3. The predicted octanol–water partition coefficient (Wildman–Crippen LogP) is 0.667. The highest BCUT2D eigenvalue weighted by atomic mass is 32.2. The van der Waals surface area contributed by atoms with Crippen molar-refractivity contribution in [3.8, 4) is 0 Å². The normalized spacial score (nSPS) is 20.2. The third-order valence-corrected chi connectivity index (χ3v) is 3.49. The van der Waals surface area contributed by atoms with Crippen molar-refractivity contribution < 1.29 is 8.42 Å². The van der Waals surface area contributed by atoms with E-state index in [1.54, 1.807) is 0 Å². The van der Waals surface area contributed by atoms with Crippen LogP contribution in [0.25, 0.3) is 0 Å². The molecule has 0 amide bonds. The van der Waals surface area contributed by atoms with E-state index in [-0.39, 0.29) is 5.75 Å². The molecular weight excluding hydrogens is 186 g/mol. The highest BCUT2D eigenvalue weighted by molar-refractivity contribution is 7.90. The van der Waals surface area contributed by atoms with Gasteiger partial charge in [-0.3, -0.25) is 0 Å². The number of nitrogens with one attached hydrogen (secondary N) is 1. The zero-order valence-corrected chi connectivity index (χ0v) is 9.23. The Labute approximate surface area is 80.8 Å². The van der Waals surface area contributed by atoms with Crippen LogP contribution in [-0.2, 0) is 9.84 Å². The summed E-state index contributed by atoms with van der Waals surface area (Å²) in [5.41, 5.74) is 0. The van der Waals surface area contributed by atoms with Crippen molar-refractivity contribution in [2.75, 3.05) is 25.1 Å². The average molecular weight is 205 g/mol. The summed E-state index contributed by atoms with van der Waals surface area (Å²) in [6.07, 6.45) is 3.99. The van der Waals surface area contributed by atoms with Crippen LogP contribution in [0.3, 0.4) is 0 Å². The smallest absolute Gasteiger partial charge is 0.148 e. The van der Waals surface area contributed by atoms with Crippen LogP contribution >= 0.6 is 0 Å². The van der Waals surface area contributed by atoms with Crippen LogP contribution in [0.15, 0.2) is 0 Å². The fourth-order valence-electron chi connectivity index (χ4n) is 1.42. The van der Waals surface area contributed by atoms with Crippen molar-refractivity contribution in [3.63, 3.8) is 0 Å². The van der Waals surface area contributed by atoms with Gasteiger partial charge in [0, 0.05) is 12.8 Å². The molecule has 0 aliphatic heterocycles. The molecule has 4 heteroatoms. The largest absolute Gasteiger partial charge is 0.315 e. The Morgan fingerprint density at radius 1 is 1.46 bits per heavy atom. The monoisotopic (exact) mass is 205 g/mol. The molecule has 13 heavy (non-hydrogen) atoms. The van der Waals surface area contributed by atoms with Crippen LogP contribution in [0.4, 0.5) is 0 Å². The SMILES string of the molecule is CC(CNCCS(C)(=O)=O)C1CC1. The van der Waals surface area contributed by atoms with E-state index in [2.05, 4.69) is 12.2 Å². The fourth-order valence-corrected chi connectivity index (χ4v) is 1.93. The first-order valence-corrected chi connectivity index (χ1v) is 6.93. The average Bonchev–Trinajstić information content (AvgIpc) is 2.77. The molecule has 0 spiro atoms. The Hall–Kier alpha value is -0.0900. The van der Waals surface area contributed by atoms with E-state index in [0.717, 1.165) is 12.5 Å². The minimum Gasteiger partial charge on any atom is -0.315 e. The fraction of sp³-hybridized carbons (Fsp3) is 1.00. The second-order valence-corrected chi connectivity index (χ2v) is 6.41. The van der Waals surface area contributed by atoms with Crippen LogP contribution in [0, 0.1) is 11.8 Å². The predicted molar refractivity (Wildman–Crippen MR) is 54.5 cm³/mol. The maximum Gasteiger partial charge on any atom is 0.148 e. The first-order valence-electron chi connectivity index (χ1n) is 4.87. The van der Waals surface area contributed by atoms with Gasteiger partial charge in [-0.2, -0.15) is 0 Å². The maximum absolute atomic E-state index is 10.8. The molecule has 0 saturated heterocycles. The van der Waals surface area contributed by atoms with E-state index >= 15 is 0 Å². The van der Waals surface area contributed by atoms with Crippen LogP contribution in [0.1, 0.15) is 19.8 Å². The quantitative estimate of drug-likeness (QED) is 0.648. The van der Waals surface area contributed by atoms with Gasteiger partial charge in [-0.05, 0) is 31.2 Å². The molecular formula is C9H19NO2S. The zero-order chi connectivity index (χ0) is 9.90. The van der Waals surface area contributed by atoms with E-state index in [1.165, 1.54) is 19.1 Å². The van der Waals surface area contributed by atoms with Crippen molar-refractivity contribution in [3.05, 3.63) is 0 Å². The number of sulfone groups is 1. The van der Waals surface area contributed by atoms with Crippen molar-refractivity contribution in [1.29, 1.82) is 0 Å². The Kier molecular flexibility index (Phi) is 3.74. The Morgan fingerprint density at radius 2 is 2.08 bits per heavy atom. The molecule has 1 aliphatic rings. The highest BCUT2D eigenvalue weighted by Gasteiger charge is 2.27. The molecule has 0 aromatic carbocycles. The number of hydrogen-bond donors (Lipinski definition) is 1. The van der Waals surface area contributed by atoms with Crippen LogP contribution in [0.2, 0.25) is 0 Å². The van der Waals surface area contributed by atoms with Crippen molar-refractivity contribution in [2.45, 2.75) is 19.8 Å². The molecule has 1 unspecified atom stereocenters. The Balaban J connectivity index is 2.00. The maximum atomic E-state index is 10.8. The topological polar surface area (TPSA) is 46.2 Å². The van der Waals surface area contributed by atoms with E-state index < -0.39 is 9.84 Å². The summed E-state index contributed by atoms with van der Waals surface area (Å²) in [5.74, 6) is 1.86. The lowest BCUT2D eigenvalue weighted by Crippen LogP contribution is -2.27. The molecule has 0 bridgehead atoms. The number of rotatable bonds is 6. The summed E-state index contributed by atoms with van der Waals surface area (Å²) in [6.45, 7) is 3.78. The molecule has 1 aliphatic carbocycles. The van der Waals surface area contributed by atoms with E-state index in [0.29, 0.717) is 12.5 Å². The van der Waals surface area contributed by atoms with Gasteiger partial charge in [0.25, 0.3) is 0 Å². The summed E-state index contributed by atoms with van der Waals surface area (Å²) in [7, 11) is -2.79. The minimum atomic E-state index is -2.79. The molecule has 0 heterocycles. The molecule has 0 aromatic rings. The molecule has 1 atom stereocenters. The van der Waals surface area contributed by atoms with Gasteiger partial charge in [0.05, 0.1) is 5.75 Å². The molecule has 1 rings (SSSR count). The highest BCUT2D eigenvalue weighted by Crippen LogP contribution is 2.35. The van der Waals surface area contributed by atoms with Crippen LogP contribution < -0.4 is 5.32 Å². The van der Waals surface area contributed by atoms with Crippen molar-refractivity contribution >= 4 is 9.84 Å². The molecule has 78 valence electrons. The van der Waals surface area contributed by atoms with Gasteiger partial charge in [-0.15, -0.1) is 0 Å². The second-order valence-electron chi connectivity index (χ2n) is 4.15. The lowest BCUT2D eigenvalue weighted by Gasteiger charge is -2.10. The summed E-state index contributed by atoms with van der Waals surface area (Å²) in [6, 6.07) is 0. The van der Waals surface area contributed by atoms with Gasteiger partial charge in [-0.25, -0.2) is 8.42 Å². The van der Waals surface area contributed by atoms with Gasteiger partial charge in [0.1, 0.15) is 9.84 Å². The Morgan fingerprint density at radius 3 is 2.54 bits per heavy atom. The number of hydrogen-bond acceptors (Lipinski definition) is 3. The van der Waals surface area contributed by atoms with E-state index in [4.69, 9.17) is 0 Å². The molecule has 1 N–H and O–H groups in total. The second kappa shape index (κ2) is 4.42. The Bertz CT molecular complexity index is 244. The molecule has 3 nitrogen and oxygen atoms in total. The third kappa shape index (κ3) is 5.26. The lowest BCUT2D eigenvalue weighted by molar-refractivity contribution is 0.469. The third-order valence-electron chi connectivity index (χ3n) is 2.54. The van der Waals surface area contributed by atoms with Gasteiger partial charge in [-0.1, -0.05) is 6.92 Å². The first kappa shape index (κ1) is 11.0. The zero-order valence-electron chi connectivity index (χ0n) is 8.41. The van der Waals surface area contributed by atoms with Crippen LogP contribution in [-0.4, -0.2) is 33.5 Å². The molecule has 0 aromatic heterocycles. The van der Waals surface area contributed by atoms with Gasteiger partial charge in [0.15, 0.2) is 0 Å². The van der Waals surface area contributed by atoms with Gasteiger partial charge < -0.3 is 5.32 Å². The molecule has 1 saturated carbocycles. The van der Waals surface area contributed by atoms with Crippen molar-refractivity contribution in [1.82, 2.24) is 5.32 Å². The lowest BCUT2D eigenvalue weighted by atomic mass is 10.1. The minimum absolute atomic E-state index is 0.254.